The molecule has 0 fully saturated rings. The van der Waals surface area contributed by atoms with Crippen LogP contribution in [0.2, 0.25) is 5.02 Å². The van der Waals surface area contributed by atoms with Crippen molar-refractivity contribution in [2.24, 2.45) is 0 Å². The fourth-order valence-electron chi connectivity index (χ4n) is 1.01. The molecule has 1 aromatic carbocycles. The van der Waals surface area contributed by atoms with Gasteiger partial charge in [-0.2, -0.15) is 0 Å². The molecular weight excluding hydrogens is 188 g/mol. The lowest BCUT2D eigenvalue weighted by atomic mass is 10.2. The van der Waals surface area contributed by atoms with E-state index < -0.39 is 0 Å². The van der Waals surface area contributed by atoms with Crippen LogP contribution in [-0.4, -0.2) is 5.91 Å². The van der Waals surface area contributed by atoms with Gasteiger partial charge in [-0.1, -0.05) is 11.6 Å². The highest BCUT2D eigenvalue weighted by Gasteiger charge is 2.03. The fraction of sp³-hybridized carbons (Fsp3) is 0.222. The molecule has 13 heavy (non-hydrogen) atoms. The first-order chi connectivity index (χ1) is 6.00. The summed E-state index contributed by atoms with van der Waals surface area (Å²) in [7, 11) is 0. The highest BCUT2D eigenvalue weighted by molar-refractivity contribution is 6.33. The minimum Gasteiger partial charge on any atom is -0.397 e. The second kappa shape index (κ2) is 3.66. The van der Waals surface area contributed by atoms with Crippen LogP contribution in [0, 0.1) is 6.92 Å². The minimum absolute atomic E-state index is 0.121. The Morgan fingerprint density at radius 1 is 1.54 bits per heavy atom. The van der Waals surface area contributed by atoms with E-state index in [1.54, 1.807) is 12.1 Å². The molecule has 0 aliphatic heterocycles. The zero-order valence-corrected chi connectivity index (χ0v) is 8.27. The van der Waals surface area contributed by atoms with Crippen molar-refractivity contribution in [1.82, 2.24) is 0 Å². The summed E-state index contributed by atoms with van der Waals surface area (Å²) in [5, 5.41) is 3.17. The molecule has 0 aliphatic carbocycles. The Balaban J connectivity index is 3.08. The Hall–Kier alpha value is -1.22. The van der Waals surface area contributed by atoms with Gasteiger partial charge >= 0.3 is 0 Å². The van der Waals surface area contributed by atoms with E-state index in [0.717, 1.165) is 5.56 Å². The molecule has 0 bridgehead atoms. The number of carbonyl (C=O) groups is 1. The van der Waals surface area contributed by atoms with Gasteiger partial charge in [-0.15, -0.1) is 0 Å². The summed E-state index contributed by atoms with van der Waals surface area (Å²) in [6, 6.07) is 3.38. The summed E-state index contributed by atoms with van der Waals surface area (Å²) in [5.41, 5.74) is 7.65. The monoisotopic (exact) mass is 198 g/mol. The number of amides is 1. The van der Waals surface area contributed by atoms with Crippen LogP contribution in [0.1, 0.15) is 12.5 Å². The molecule has 1 aromatic rings. The van der Waals surface area contributed by atoms with Crippen molar-refractivity contribution in [3.8, 4) is 0 Å². The Morgan fingerprint density at radius 3 is 2.69 bits per heavy atom. The number of nitrogens with one attached hydrogen (secondary N) is 1. The number of aryl methyl sites for hydroxylation is 1. The molecule has 70 valence electrons. The van der Waals surface area contributed by atoms with Gasteiger partial charge in [-0.3, -0.25) is 4.79 Å². The van der Waals surface area contributed by atoms with Gasteiger partial charge in [0.2, 0.25) is 5.91 Å². The van der Waals surface area contributed by atoms with Crippen molar-refractivity contribution in [2.45, 2.75) is 13.8 Å². The first-order valence-electron chi connectivity index (χ1n) is 3.84. The Kier molecular flexibility index (Phi) is 2.78. The molecule has 4 heteroatoms. The predicted octanol–water partition coefficient (Wildman–Crippen LogP) is 2.19. The maximum absolute atomic E-state index is 10.8. The van der Waals surface area contributed by atoms with E-state index in [1.165, 1.54) is 6.92 Å². The average molecular weight is 199 g/mol. The molecule has 0 radical (unpaired) electrons. The Morgan fingerprint density at radius 2 is 2.15 bits per heavy atom. The van der Waals surface area contributed by atoms with Crippen molar-refractivity contribution < 1.29 is 4.79 Å². The van der Waals surface area contributed by atoms with Gasteiger partial charge in [0.05, 0.1) is 10.7 Å². The normalized spacial score (nSPS) is 9.77. The predicted molar refractivity (Wildman–Crippen MR) is 54.9 cm³/mol. The minimum atomic E-state index is -0.121. The van der Waals surface area contributed by atoms with Crippen molar-refractivity contribution in [3.63, 3.8) is 0 Å². The molecule has 0 aliphatic rings. The molecule has 1 rings (SSSR count). The lowest BCUT2D eigenvalue weighted by Crippen LogP contribution is -2.07. The van der Waals surface area contributed by atoms with Crippen LogP contribution < -0.4 is 11.1 Å². The molecule has 0 spiro atoms. The highest BCUT2D eigenvalue weighted by atomic mass is 35.5. The van der Waals surface area contributed by atoms with Crippen molar-refractivity contribution in [3.05, 3.63) is 22.7 Å². The smallest absolute Gasteiger partial charge is 0.221 e. The molecule has 0 heterocycles. The Labute approximate surface area is 81.9 Å². The van der Waals surface area contributed by atoms with Crippen LogP contribution in [0.25, 0.3) is 0 Å². The lowest BCUT2D eigenvalue weighted by Gasteiger charge is -2.08. The number of nitrogens with two attached hydrogens (primary N) is 1. The van der Waals surface area contributed by atoms with E-state index in [2.05, 4.69) is 5.32 Å². The van der Waals surface area contributed by atoms with Crippen LogP contribution >= 0.6 is 11.6 Å². The topological polar surface area (TPSA) is 55.1 Å². The SMILES string of the molecule is CC(=O)Nc1cc(N)c(Cl)cc1C. The molecule has 3 N–H and O–H groups in total. The van der Waals surface area contributed by atoms with Gasteiger partial charge in [0.15, 0.2) is 0 Å². The van der Waals surface area contributed by atoms with Gasteiger partial charge in [-0.25, -0.2) is 0 Å². The van der Waals surface area contributed by atoms with E-state index in [4.69, 9.17) is 17.3 Å². The number of benzene rings is 1. The van der Waals surface area contributed by atoms with Crippen molar-refractivity contribution >= 4 is 28.9 Å². The number of hydrogen-bond donors (Lipinski definition) is 2. The summed E-state index contributed by atoms with van der Waals surface area (Å²) < 4.78 is 0. The van der Waals surface area contributed by atoms with Gasteiger partial charge < -0.3 is 11.1 Å². The van der Waals surface area contributed by atoms with Gasteiger partial charge in [-0.05, 0) is 24.6 Å². The van der Waals surface area contributed by atoms with Crippen molar-refractivity contribution in [2.75, 3.05) is 11.1 Å². The number of rotatable bonds is 1. The van der Waals surface area contributed by atoms with E-state index >= 15 is 0 Å². The van der Waals surface area contributed by atoms with Gasteiger partial charge in [0, 0.05) is 12.6 Å². The second-order valence-corrected chi connectivity index (χ2v) is 3.28. The van der Waals surface area contributed by atoms with E-state index in [1.807, 2.05) is 6.92 Å². The number of hydrogen-bond acceptors (Lipinski definition) is 2. The Bertz CT molecular complexity index is 350. The number of carbonyl (C=O) groups excluding carboxylic acids is 1. The summed E-state index contributed by atoms with van der Waals surface area (Å²) in [6.45, 7) is 3.31. The van der Waals surface area contributed by atoms with Crippen LogP contribution in [-0.2, 0) is 4.79 Å². The number of halogens is 1. The zero-order valence-electron chi connectivity index (χ0n) is 7.52. The van der Waals surface area contributed by atoms with Crippen LogP contribution in [0.5, 0.6) is 0 Å². The first kappa shape index (κ1) is 9.86. The molecule has 3 nitrogen and oxygen atoms in total. The molecule has 0 saturated carbocycles. The van der Waals surface area contributed by atoms with E-state index in [0.29, 0.717) is 16.4 Å². The second-order valence-electron chi connectivity index (χ2n) is 2.87. The molecule has 0 atom stereocenters. The quantitative estimate of drug-likeness (QED) is 0.680. The number of anilines is 2. The van der Waals surface area contributed by atoms with E-state index in [9.17, 15) is 4.79 Å². The fourth-order valence-corrected chi connectivity index (χ4v) is 1.23. The third kappa shape index (κ3) is 2.36. The third-order valence-corrected chi connectivity index (χ3v) is 1.98. The van der Waals surface area contributed by atoms with Crippen LogP contribution in [0.15, 0.2) is 12.1 Å². The standard InChI is InChI=1S/C9H11ClN2O/c1-5-3-7(10)8(11)4-9(5)12-6(2)13/h3-4H,11H2,1-2H3,(H,12,13). The molecule has 0 unspecified atom stereocenters. The molecular formula is C9H11ClN2O. The average Bonchev–Trinajstić information content (AvgIpc) is 1.99. The van der Waals surface area contributed by atoms with Crippen LogP contribution in [0.4, 0.5) is 11.4 Å². The maximum atomic E-state index is 10.8. The highest BCUT2D eigenvalue weighted by Crippen LogP contribution is 2.26. The van der Waals surface area contributed by atoms with Gasteiger partial charge in [0.25, 0.3) is 0 Å². The summed E-state index contributed by atoms with van der Waals surface area (Å²) >= 11 is 5.78. The molecule has 0 saturated heterocycles. The van der Waals surface area contributed by atoms with Crippen molar-refractivity contribution in [1.29, 1.82) is 0 Å². The lowest BCUT2D eigenvalue weighted by molar-refractivity contribution is -0.114. The largest absolute Gasteiger partial charge is 0.397 e. The van der Waals surface area contributed by atoms with E-state index in [-0.39, 0.29) is 5.91 Å². The number of nitrogen functional groups attached to an aromatic ring is 1. The molecule has 0 aromatic heterocycles. The summed E-state index contributed by atoms with van der Waals surface area (Å²) in [6.07, 6.45) is 0. The maximum Gasteiger partial charge on any atom is 0.221 e. The molecule has 1 amide bonds. The zero-order chi connectivity index (χ0) is 10.0. The summed E-state index contributed by atoms with van der Waals surface area (Å²) in [5.74, 6) is -0.121. The van der Waals surface area contributed by atoms with Crippen LogP contribution in [0.3, 0.4) is 0 Å². The van der Waals surface area contributed by atoms with Gasteiger partial charge in [0.1, 0.15) is 0 Å². The first-order valence-corrected chi connectivity index (χ1v) is 4.21. The third-order valence-electron chi connectivity index (χ3n) is 1.65. The summed E-state index contributed by atoms with van der Waals surface area (Å²) in [4.78, 5) is 10.8.